The monoisotopic (exact) mass is 1540 g/mol. The molecule has 18 aromatic carbocycles. The summed E-state index contributed by atoms with van der Waals surface area (Å²) in [6, 6.07) is 145. The fourth-order valence-electron chi connectivity index (χ4n) is 22.8. The normalized spacial score (nSPS) is 14.5. The largest absolute Gasteiger partial charge is 0.456 e. The Balaban J connectivity index is 0.725. The zero-order valence-corrected chi connectivity index (χ0v) is 67.1. The first-order chi connectivity index (χ1) is 59.5. The number of nitrogens with zero attached hydrogens (tertiary/aromatic N) is 2. The van der Waals surface area contributed by atoms with E-state index >= 15 is 0 Å². The average Bonchev–Trinajstić information content (AvgIpc) is 1.50. The molecule has 0 saturated carbocycles. The van der Waals surface area contributed by atoms with Gasteiger partial charge in [-0.25, -0.2) is 0 Å². The van der Waals surface area contributed by atoms with E-state index in [1.165, 1.54) is 128 Å². The number of benzene rings is 18. The summed E-state index contributed by atoms with van der Waals surface area (Å²) in [4.78, 5) is 2.59. The molecule has 4 aromatic heterocycles. The Bertz CT molecular complexity index is 8100. The number of hydrogen-bond acceptors (Lipinski definition) is 4. The van der Waals surface area contributed by atoms with Gasteiger partial charge < -0.3 is 22.7 Å². The minimum atomic E-state index is -0.848. The van der Waals surface area contributed by atoms with Crippen LogP contribution in [-0.4, -0.2) is 4.57 Å². The third-order valence-corrected chi connectivity index (χ3v) is 28.1. The van der Waals surface area contributed by atoms with Crippen molar-refractivity contribution < 1.29 is 13.3 Å². The SMILES string of the molecule is CC1(C)c2cc(N(c3ccc4c(c3)C(C)(C)c3cc(-c5ccc6c(c5)c5ccccc5n6-c5ccccc5)c5oc6ccccc6c5c3-4)c3ccc4c(c3)C(c3ccccc3)(c3ccccc3)c3cc5c(cc3-4)C(c3ccccc3)(c3ccccc3)c3ccc4oc6ccccc6c4c3-5)ccc2-c2c1cc(-c1ccccc1)c1oc3ccccc3c21. The first-order valence-electron chi connectivity index (χ1n) is 42.3. The van der Waals surface area contributed by atoms with Crippen molar-refractivity contribution in [3.8, 4) is 72.4 Å². The Morgan fingerprint density at radius 3 is 1.16 bits per heavy atom. The van der Waals surface area contributed by atoms with Crippen LogP contribution in [0, 0.1) is 0 Å². The van der Waals surface area contributed by atoms with E-state index in [0.29, 0.717) is 0 Å². The average molecular weight is 1550 g/mol. The molecule has 0 radical (unpaired) electrons. The maximum absolute atomic E-state index is 7.28. The van der Waals surface area contributed by atoms with E-state index in [4.69, 9.17) is 13.3 Å². The number of aromatic nitrogens is 1. The summed E-state index contributed by atoms with van der Waals surface area (Å²) in [7, 11) is 0. The van der Waals surface area contributed by atoms with Crippen molar-refractivity contribution in [3.05, 3.63) is 455 Å². The summed E-state index contributed by atoms with van der Waals surface area (Å²) in [5, 5.41) is 9.15. The third kappa shape index (κ3) is 9.08. The predicted octanol–water partition coefficient (Wildman–Crippen LogP) is 30.6. The molecule has 5 nitrogen and oxygen atoms in total. The molecular formula is C116H76N2O3. The topological polar surface area (TPSA) is 47.6 Å². The molecule has 0 aliphatic heterocycles. The van der Waals surface area contributed by atoms with Gasteiger partial charge >= 0.3 is 0 Å². The molecule has 568 valence electrons. The standard InChI is InChI=1S/C116H76N2O3/c1-113(2)92-62-76(53-56-81(92)105-97(113)65-86(69-31-11-5-12-32-69)111-109(105)84-45-25-29-49-102(84)120-111)117(77-54-57-82-93(63-77)114(3,4)98-66-87(112-110(106(82)98)85-46-26-30-50-103(85)121-112)70-51-59-100-89(61-70)80-43-23-27-47-99(80)118(100)75-41-21-10-22-42-75)78-52-55-79-88-67-96-90(68-95(88)116(94(79)64-78,73-37-17-8-18-38-73)74-39-19-9-20-40-74)107-91(58-60-104-108(107)83-44-24-28-48-101(83)119-104)115(96,71-33-13-6-14-34-71)72-35-15-7-16-36-72/h5-68H,1-4H3. The second-order valence-electron chi connectivity index (χ2n) is 34.7. The van der Waals surface area contributed by atoms with Gasteiger partial charge in [0, 0.05) is 87.8 Å². The predicted molar refractivity (Wildman–Crippen MR) is 498 cm³/mol. The highest BCUT2D eigenvalue weighted by molar-refractivity contribution is 6.22. The van der Waals surface area contributed by atoms with E-state index in [-0.39, 0.29) is 0 Å². The minimum absolute atomic E-state index is 0.457. The lowest BCUT2D eigenvalue weighted by molar-refractivity contribution is 0.657. The van der Waals surface area contributed by atoms with Crippen LogP contribution in [0.5, 0.6) is 0 Å². The van der Waals surface area contributed by atoms with Crippen molar-refractivity contribution in [2.24, 2.45) is 0 Å². The lowest BCUT2D eigenvalue weighted by Crippen LogP contribution is -2.30. The molecule has 4 heterocycles. The summed E-state index contributed by atoms with van der Waals surface area (Å²) in [5.74, 6) is 0. The van der Waals surface area contributed by atoms with Crippen LogP contribution in [0.2, 0.25) is 0 Å². The third-order valence-electron chi connectivity index (χ3n) is 28.1. The van der Waals surface area contributed by atoms with Gasteiger partial charge in [-0.2, -0.15) is 0 Å². The van der Waals surface area contributed by atoms with Crippen LogP contribution in [0.25, 0.3) is 160 Å². The number of fused-ring (bicyclic) bond motifs is 27. The van der Waals surface area contributed by atoms with E-state index in [2.05, 4.69) is 425 Å². The van der Waals surface area contributed by atoms with Gasteiger partial charge in [0.1, 0.15) is 33.5 Å². The Hall–Kier alpha value is -15.0. The second kappa shape index (κ2) is 24.8. The maximum Gasteiger partial charge on any atom is 0.143 e. The van der Waals surface area contributed by atoms with Gasteiger partial charge in [-0.1, -0.05) is 301 Å². The first kappa shape index (κ1) is 68.1. The van der Waals surface area contributed by atoms with Crippen LogP contribution in [0.4, 0.5) is 17.1 Å². The highest BCUT2D eigenvalue weighted by Gasteiger charge is 2.53. The van der Waals surface area contributed by atoms with Gasteiger partial charge in [0.2, 0.25) is 0 Å². The maximum atomic E-state index is 7.28. The summed E-state index contributed by atoms with van der Waals surface area (Å²) < 4.78 is 23.7. The molecule has 0 fully saturated rings. The molecular weight excluding hydrogens is 1470 g/mol. The Labute approximate surface area is 699 Å². The molecule has 0 saturated heterocycles. The molecule has 0 spiro atoms. The number of rotatable bonds is 10. The van der Waals surface area contributed by atoms with Gasteiger partial charge in [0.15, 0.2) is 0 Å². The number of furan rings is 3. The summed E-state index contributed by atoms with van der Waals surface area (Å²) >= 11 is 0. The molecule has 4 aliphatic carbocycles. The van der Waals surface area contributed by atoms with Crippen LogP contribution in [0.1, 0.15) is 94.5 Å². The Kier molecular flexibility index (Phi) is 13.9. The van der Waals surface area contributed by atoms with Gasteiger partial charge in [0.05, 0.1) is 21.9 Å². The molecule has 121 heavy (non-hydrogen) atoms. The van der Waals surface area contributed by atoms with Crippen molar-refractivity contribution in [1.82, 2.24) is 4.57 Å². The highest BCUT2D eigenvalue weighted by atomic mass is 16.3. The van der Waals surface area contributed by atoms with Crippen molar-refractivity contribution in [1.29, 1.82) is 0 Å². The van der Waals surface area contributed by atoms with Crippen LogP contribution >= 0.6 is 0 Å². The fraction of sp³-hybridized carbons (Fsp3) is 0.0690. The lowest BCUT2D eigenvalue weighted by atomic mass is 9.66. The van der Waals surface area contributed by atoms with Gasteiger partial charge in [-0.3, -0.25) is 0 Å². The highest BCUT2D eigenvalue weighted by Crippen LogP contribution is 2.66. The number of anilines is 3. The molecule has 5 heteroatoms. The number of para-hydroxylation sites is 5. The number of hydrogen-bond donors (Lipinski definition) is 0. The quantitative estimate of drug-likeness (QED) is 0.137. The van der Waals surface area contributed by atoms with E-state index in [9.17, 15) is 0 Å². The fourth-order valence-corrected chi connectivity index (χ4v) is 22.8. The summed E-state index contributed by atoms with van der Waals surface area (Å²) in [6.07, 6.45) is 0. The van der Waals surface area contributed by atoms with Crippen LogP contribution < -0.4 is 4.90 Å². The van der Waals surface area contributed by atoms with Crippen LogP contribution in [0.3, 0.4) is 0 Å². The molecule has 0 amide bonds. The van der Waals surface area contributed by atoms with E-state index in [0.717, 1.165) is 116 Å². The van der Waals surface area contributed by atoms with Crippen LogP contribution in [0.15, 0.2) is 401 Å². The summed E-state index contributed by atoms with van der Waals surface area (Å²) in [5.41, 5.74) is 38.2. The van der Waals surface area contributed by atoms with Gasteiger partial charge in [0.25, 0.3) is 0 Å². The molecule has 0 atom stereocenters. The zero-order valence-electron chi connectivity index (χ0n) is 67.1. The Morgan fingerprint density at radius 1 is 0.231 bits per heavy atom. The van der Waals surface area contributed by atoms with Gasteiger partial charge in [-0.15, -0.1) is 0 Å². The van der Waals surface area contributed by atoms with Gasteiger partial charge in [-0.05, 0) is 238 Å². The molecule has 22 aromatic rings. The van der Waals surface area contributed by atoms with Crippen molar-refractivity contribution in [2.75, 3.05) is 4.90 Å². The molecule has 4 aliphatic rings. The van der Waals surface area contributed by atoms with E-state index in [1.807, 2.05) is 0 Å². The molecule has 0 bridgehead atoms. The lowest BCUT2D eigenvalue weighted by Gasteiger charge is -2.36. The zero-order chi connectivity index (χ0) is 79.9. The molecule has 0 N–H and O–H groups in total. The smallest absolute Gasteiger partial charge is 0.143 e. The first-order valence-corrected chi connectivity index (χ1v) is 42.3. The minimum Gasteiger partial charge on any atom is -0.456 e. The second-order valence-corrected chi connectivity index (χ2v) is 34.7. The molecule has 26 rings (SSSR count). The van der Waals surface area contributed by atoms with Crippen molar-refractivity contribution in [2.45, 2.75) is 49.4 Å². The van der Waals surface area contributed by atoms with Crippen molar-refractivity contribution >= 4 is 105 Å². The van der Waals surface area contributed by atoms with Crippen molar-refractivity contribution in [3.63, 3.8) is 0 Å². The molecule has 0 unspecified atom stereocenters. The summed E-state index contributed by atoms with van der Waals surface area (Å²) in [6.45, 7) is 9.75. The van der Waals surface area contributed by atoms with Crippen LogP contribution in [-0.2, 0) is 21.7 Å². The van der Waals surface area contributed by atoms with E-state index < -0.39 is 21.7 Å². The van der Waals surface area contributed by atoms with E-state index in [1.54, 1.807) is 0 Å². The Morgan fingerprint density at radius 2 is 0.620 bits per heavy atom.